The minimum Gasteiger partial charge on any atom is -0.359 e. The third-order valence-electron chi connectivity index (χ3n) is 4.54. The number of pyridine rings is 1. The lowest BCUT2D eigenvalue weighted by Crippen LogP contribution is -2.34. The second kappa shape index (κ2) is 7.91. The van der Waals surface area contributed by atoms with Crippen molar-refractivity contribution in [2.45, 2.75) is 19.0 Å². The maximum Gasteiger partial charge on any atom is 0.246 e. The van der Waals surface area contributed by atoms with Crippen LogP contribution < -0.4 is 0 Å². The van der Waals surface area contributed by atoms with Crippen LogP contribution in [0.4, 0.5) is 0 Å². The Labute approximate surface area is 161 Å². The van der Waals surface area contributed by atoms with Crippen LogP contribution in [0.5, 0.6) is 0 Å². The zero-order chi connectivity index (χ0) is 19.3. The van der Waals surface area contributed by atoms with E-state index in [2.05, 4.69) is 20.1 Å². The predicted octanol–water partition coefficient (Wildman–Crippen LogP) is 2.70. The van der Waals surface area contributed by atoms with Gasteiger partial charge in [0.25, 0.3) is 0 Å². The first-order valence-electron chi connectivity index (χ1n) is 8.91. The molecule has 0 bridgehead atoms. The third kappa shape index (κ3) is 3.85. The van der Waals surface area contributed by atoms with Gasteiger partial charge in [0.1, 0.15) is 11.7 Å². The topological polar surface area (TPSA) is 92.8 Å². The highest BCUT2D eigenvalue weighted by Crippen LogP contribution is 2.21. The van der Waals surface area contributed by atoms with E-state index >= 15 is 0 Å². The molecule has 0 aliphatic heterocycles. The summed E-state index contributed by atoms with van der Waals surface area (Å²) in [6, 6.07) is 9.02. The fraction of sp³-hybridized carbons (Fsp3) is 0.200. The average Bonchev–Trinajstić information content (AvgIpc) is 3.48. The Bertz CT molecular complexity index is 1010. The van der Waals surface area contributed by atoms with Crippen molar-refractivity contribution in [1.82, 2.24) is 29.6 Å². The number of likely N-dealkylation sites (N-methyl/N-ethyl adjacent to an activating group) is 1. The fourth-order valence-corrected chi connectivity index (χ4v) is 3.09. The van der Waals surface area contributed by atoms with Gasteiger partial charge in [-0.15, -0.1) is 0 Å². The number of hydrogen-bond acceptors (Lipinski definition) is 5. The minimum absolute atomic E-state index is 0.0207. The molecule has 8 nitrogen and oxygen atoms in total. The highest BCUT2D eigenvalue weighted by Gasteiger charge is 2.25. The monoisotopic (exact) mass is 376 g/mol. The Morgan fingerprint density at radius 2 is 2.04 bits per heavy atom. The van der Waals surface area contributed by atoms with Crippen molar-refractivity contribution >= 4 is 5.91 Å². The molecule has 0 aliphatic carbocycles. The molecule has 4 aromatic heterocycles. The molecular formula is C20H20N6O2. The molecule has 0 saturated heterocycles. The summed E-state index contributed by atoms with van der Waals surface area (Å²) in [5.74, 6) is 0.600. The van der Waals surface area contributed by atoms with Crippen LogP contribution in [0.15, 0.2) is 72.2 Å². The van der Waals surface area contributed by atoms with Gasteiger partial charge in [0.2, 0.25) is 5.91 Å². The first-order chi connectivity index (χ1) is 13.7. The van der Waals surface area contributed by atoms with Crippen molar-refractivity contribution < 1.29 is 9.32 Å². The second-order valence-electron chi connectivity index (χ2n) is 6.54. The van der Waals surface area contributed by atoms with Crippen molar-refractivity contribution in [1.29, 1.82) is 0 Å². The summed E-state index contributed by atoms with van der Waals surface area (Å²) in [5, 5.41) is 4.10. The zero-order valence-electron chi connectivity index (χ0n) is 15.4. The quantitative estimate of drug-likeness (QED) is 0.535. The fourth-order valence-electron chi connectivity index (χ4n) is 3.09. The van der Waals surface area contributed by atoms with E-state index in [9.17, 15) is 4.79 Å². The predicted molar refractivity (Wildman–Crippen MR) is 102 cm³/mol. The Balaban J connectivity index is 1.49. The molecule has 4 heterocycles. The Kier molecular flexibility index (Phi) is 5.01. The Morgan fingerprint density at radius 1 is 1.25 bits per heavy atom. The van der Waals surface area contributed by atoms with Crippen molar-refractivity contribution in [2.24, 2.45) is 0 Å². The van der Waals surface area contributed by atoms with E-state index in [4.69, 9.17) is 4.52 Å². The molecule has 8 heteroatoms. The molecule has 142 valence electrons. The smallest absolute Gasteiger partial charge is 0.246 e. The number of aromatic nitrogens is 5. The summed E-state index contributed by atoms with van der Waals surface area (Å²) in [6.45, 7) is 0.331. The maximum atomic E-state index is 13.1. The maximum absolute atomic E-state index is 13.1. The molecule has 0 fully saturated rings. The number of nitrogens with one attached hydrogen (secondary N) is 1. The Hall–Kier alpha value is -3.68. The molecule has 28 heavy (non-hydrogen) atoms. The van der Waals surface area contributed by atoms with E-state index in [1.807, 2.05) is 47.3 Å². The van der Waals surface area contributed by atoms with Gasteiger partial charge in [-0.1, -0.05) is 5.16 Å². The number of aromatic amines is 1. The lowest BCUT2D eigenvalue weighted by atomic mass is 10.1. The van der Waals surface area contributed by atoms with Crippen LogP contribution in [0.1, 0.15) is 17.5 Å². The molecule has 0 radical (unpaired) electrons. The summed E-state index contributed by atoms with van der Waals surface area (Å²) < 4.78 is 7.33. The standard InChI is InChI=1S/C20H20N6O2/c1-25(13-17-11-18(24-28-17)15-4-6-21-7-5-15)20(27)19(26-8-2-3-9-26)10-16-12-22-14-23-16/h2-9,11-12,14,19H,10,13H2,1H3,(H,22,23). The third-order valence-corrected chi connectivity index (χ3v) is 4.54. The SMILES string of the molecule is CN(Cc1cc(-c2ccncc2)no1)C(=O)C(Cc1cnc[nH]1)n1cccc1. The van der Waals surface area contributed by atoms with Gasteiger partial charge in [-0.25, -0.2) is 4.98 Å². The number of imidazole rings is 1. The van der Waals surface area contributed by atoms with Crippen molar-refractivity contribution in [3.05, 3.63) is 79.1 Å². The molecule has 0 aliphatic rings. The van der Waals surface area contributed by atoms with E-state index in [1.54, 1.807) is 36.9 Å². The number of hydrogen-bond donors (Lipinski definition) is 1. The first-order valence-corrected chi connectivity index (χ1v) is 8.91. The molecule has 4 aromatic rings. The molecule has 0 saturated carbocycles. The normalized spacial score (nSPS) is 12.0. The van der Waals surface area contributed by atoms with Gasteiger partial charge < -0.3 is 19.0 Å². The molecule has 1 N–H and O–H groups in total. The molecule has 4 rings (SSSR count). The number of rotatable bonds is 7. The van der Waals surface area contributed by atoms with Crippen LogP contribution >= 0.6 is 0 Å². The van der Waals surface area contributed by atoms with Crippen molar-refractivity contribution in [2.75, 3.05) is 7.05 Å². The van der Waals surface area contributed by atoms with E-state index in [1.165, 1.54) is 0 Å². The van der Waals surface area contributed by atoms with Crippen molar-refractivity contribution in [3.63, 3.8) is 0 Å². The van der Waals surface area contributed by atoms with Crippen LogP contribution in [-0.4, -0.2) is 42.5 Å². The first kappa shape index (κ1) is 17.7. The van der Waals surface area contributed by atoms with Crippen LogP contribution in [0, 0.1) is 0 Å². The van der Waals surface area contributed by atoms with E-state index in [-0.39, 0.29) is 11.9 Å². The summed E-state index contributed by atoms with van der Waals surface area (Å²) in [6.07, 6.45) is 11.1. The summed E-state index contributed by atoms with van der Waals surface area (Å²) in [5.41, 5.74) is 2.54. The molecule has 0 aromatic carbocycles. The van der Waals surface area contributed by atoms with Gasteiger partial charge in [0.15, 0.2) is 5.76 Å². The van der Waals surface area contributed by atoms with Crippen LogP contribution in [0.25, 0.3) is 11.3 Å². The van der Waals surface area contributed by atoms with E-state index in [0.29, 0.717) is 18.7 Å². The molecule has 0 spiro atoms. The number of carbonyl (C=O) groups is 1. The zero-order valence-corrected chi connectivity index (χ0v) is 15.4. The molecule has 1 unspecified atom stereocenters. The van der Waals surface area contributed by atoms with Crippen LogP contribution in [0.3, 0.4) is 0 Å². The van der Waals surface area contributed by atoms with Gasteiger partial charge in [-0.3, -0.25) is 9.78 Å². The number of carbonyl (C=O) groups excluding carboxylic acids is 1. The molecule has 1 amide bonds. The summed E-state index contributed by atoms with van der Waals surface area (Å²) in [4.78, 5) is 25.9. The second-order valence-corrected chi connectivity index (χ2v) is 6.54. The van der Waals surface area contributed by atoms with Crippen molar-refractivity contribution in [3.8, 4) is 11.3 Å². The summed E-state index contributed by atoms with van der Waals surface area (Å²) >= 11 is 0. The molecule has 1 atom stereocenters. The van der Waals surface area contributed by atoms with Gasteiger partial charge in [0, 0.05) is 61.8 Å². The van der Waals surface area contributed by atoms with Gasteiger partial charge >= 0.3 is 0 Å². The summed E-state index contributed by atoms with van der Waals surface area (Å²) in [7, 11) is 1.76. The minimum atomic E-state index is -0.372. The number of amides is 1. The van der Waals surface area contributed by atoms with Gasteiger partial charge in [0.05, 0.1) is 12.9 Å². The van der Waals surface area contributed by atoms with E-state index in [0.717, 1.165) is 17.0 Å². The highest BCUT2D eigenvalue weighted by atomic mass is 16.5. The Morgan fingerprint density at radius 3 is 2.75 bits per heavy atom. The average molecular weight is 376 g/mol. The van der Waals surface area contributed by atoms with Crippen LogP contribution in [0.2, 0.25) is 0 Å². The lowest BCUT2D eigenvalue weighted by Gasteiger charge is -2.24. The largest absolute Gasteiger partial charge is 0.359 e. The number of H-pyrrole nitrogens is 1. The number of nitrogens with zero attached hydrogens (tertiary/aromatic N) is 5. The van der Waals surface area contributed by atoms with Gasteiger partial charge in [-0.05, 0) is 24.3 Å². The highest BCUT2D eigenvalue weighted by molar-refractivity contribution is 5.80. The molecular weight excluding hydrogens is 356 g/mol. The van der Waals surface area contributed by atoms with Crippen LogP contribution in [-0.2, 0) is 17.8 Å². The van der Waals surface area contributed by atoms with Gasteiger partial charge in [-0.2, -0.15) is 0 Å². The van der Waals surface area contributed by atoms with E-state index < -0.39 is 0 Å². The lowest BCUT2D eigenvalue weighted by molar-refractivity contribution is -0.134.